The minimum Gasteiger partial charge on any atom is -0.376 e. The van der Waals surface area contributed by atoms with Gasteiger partial charge in [-0.1, -0.05) is 45.9 Å². The number of rotatable bonds is 7. The number of pyridine rings is 1. The number of hydrogen-bond donors (Lipinski definition) is 2. The first-order valence-corrected chi connectivity index (χ1v) is 10.2. The molecule has 1 amide bonds. The molecular weight excluding hydrogens is 350 g/mol. The van der Waals surface area contributed by atoms with Gasteiger partial charge in [-0.25, -0.2) is 4.98 Å². The van der Waals surface area contributed by atoms with E-state index >= 15 is 0 Å². The van der Waals surface area contributed by atoms with Crippen LogP contribution in [-0.4, -0.2) is 30.1 Å². The van der Waals surface area contributed by atoms with Gasteiger partial charge < -0.3 is 15.4 Å². The number of hydrogen-bond acceptors (Lipinski definition) is 4. The summed E-state index contributed by atoms with van der Waals surface area (Å²) in [6.07, 6.45) is 3.89. The zero-order valence-corrected chi connectivity index (χ0v) is 17.3. The average Bonchev–Trinajstić information content (AvgIpc) is 3.19. The predicted molar refractivity (Wildman–Crippen MR) is 113 cm³/mol. The van der Waals surface area contributed by atoms with Crippen molar-refractivity contribution in [3.8, 4) is 0 Å². The van der Waals surface area contributed by atoms with Crippen molar-refractivity contribution in [2.75, 3.05) is 18.5 Å². The third-order valence-electron chi connectivity index (χ3n) is 5.16. The van der Waals surface area contributed by atoms with Gasteiger partial charge in [-0.2, -0.15) is 0 Å². The molecule has 1 aliphatic heterocycles. The standard InChI is InChI=1S/C23H31N3O2/c1-15(2)19-8-5-9-20(16(3)4)22(19)26-21-13-17(10-11-24-21)23(27)25-14-18-7-6-12-28-18/h5,8-11,13,15-16,18H,6-7,12,14H2,1-4H3,(H,24,26)(H,25,27). The largest absolute Gasteiger partial charge is 0.376 e. The molecule has 150 valence electrons. The molecule has 1 aromatic carbocycles. The zero-order valence-electron chi connectivity index (χ0n) is 17.3. The van der Waals surface area contributed by atoms with Crippen molar-refractivity contribution >= 4 is 17.4 Å². The molecular formula is C23H31N3O2. The van der Waals surface area contributed by atoms with E-state index in [-0.39, 0.29) is 12.0 Å². The van der Waals surface area contributed by atoms with Crippen molar-refractivity contribution in [2.24, 2.45) is 0 Å². The van der Waals surface area contributed by atoms with E-state index in [9.17, 15) is 4.79 Å². The summed E-state index contributed by atoms with van der Waals surface area (Å²) in [6.45, 7) is 10.1. The molecule has 2 N–H and O–H groups in total. The number of nitrogens with zero attached hydrogens (tertiary/aromatic N) is 1. The summed E-state index contributed by atoms with van der Waals surface area (Å²) in [5.74, 6) is 1.36. The monoisotopic (exact) mass is 381 g/mol. The number of amides is 1. The van der Waals surface area contributed by atoms with E-state index < -0.39 is 0 Å². The number of nitrogens with one attached hydrogen (secondary N) is 2. The fourth-order valence-corrected chi connectivity index (χ4v) is 3.58. The van der Waals surface area contributed by atoms with Gasteiger partial charge in [0.15, 0.2) is 0 Å². The molecule has 1 unspecified atom stereocenters. The molecule has 2 heterocycles. The SMILES string of the molecule is CC(C)c1cccc(C(C)C)c1Nc1cc(C(=O)NCC2CCCO2)ccn1. The van der Waals surface area contributed by atoms with E-state index in [0.717, 1.165) is 25.1 Å². The molecule has 1 saturated heterocycles. The van der Waals surface area contributed by atoms with E-state index in [2.05, 4.69) is 61.5 Å². The summed E-state index contributed by atoms with van der Waals surface area (Å²) < 4.78 is 5.57. The van der Waals surface area contributed by atoms with Gasteiger partial charge in [0.1, 0.15) is 5.82 Å². The number of para-hydroxylation sites is 1. The first-order valence-electron chi connectivity index (χ1n) is 10.2. The van der Waals surface area contributed by atoms with Crippen LogP contribution < -0.4 is 10.6 Å². The Kier molecular flexibility index (Phi) is 6.68. The van der Waals surface area contributed by atoms with Crippen LogP contribution in [0.4, 0.5) is 11.5 Å². The Bertz CT molecular complexity index is 785. The molecule has 0 aliphatic carbocycles. The maximum Gasteiger partial charge on any atom is 0.251 e. The van der Waals surface area contributed by atoms with Crippen LogP contribution in [0.15, 0.2) is 36.5 Å². The maximum absolute atomic E-state index is 12.5. The Morgan fingerprint density at radius 1 is 1.18 bits per heavy atom. The highest BCUT2D eigenvalue weighted by Gasteiger charge is 2.18. The van der Waals surface area contributed by atoms with Gasteiger partial charge in [0, 0.05) is 30.6 Å². The molecule has 0 radical (unpaired) electrons. The van der Waals surface area contributed by atoms with E-state index in [4.69, 9.17) is 4.74 Å². The molecule has 1 fully saturated rings. The lowest BCUT2D eigenvalue weighted by atomic mass is 9.92. The van der Waals surface area contributed by atoms with Gasteiger partial charge in [-0.3, -0.25) is 4.79 Å². The minimum atomic E-state index is -0.0952. The Hall–Kier alpha value is -2.40. The summed E-state index contributed by atoms with van der Waals surface area (Å²) in [6, 6.07) is 9.96. The lowest BCUT2D eigenvalue weighted by Gasteiger charge is -2.20. The normalized spacial score (nSPS) is 16.6. The van der Waals surface area contributed by atoms with Crippen LogP contribution in [0.5, 0.6) is 0 Å². The number of carbonyl (C=O) groups excluding carboxylic acids is 1. The van der Waals surface area contributed by atoms with Gasteiger partial charge in [-0.15, -0.1) is 0 Å². The molecule has 2 aromatic rings. The topological polar surface area (TPSA) is 63.2 Å². The second-order valence-electron chi connectivity index (χ2n) is 8.02. The molecule has 3 rings (SSSR count). The van der Waals surface area contributed by atoms with Gasteiger partial charge in [0.05, 0.1) is 6.10 Å². The van der Waals surface area contributed by atoms with Crippen LogP contribution in [0.2, 0.25) is 0 Å². The van der Waals surface area contributed by atoms with Crippen molar-refractivity contribution in [1.29, 1.82) is 0 Å². The minimum absolute atomic E-state index is 0.0952. The summed E-state index contributed by atoms with van der Waals surface area (Å²) in [5, 5.41) is 6.45. The first-order chi connectivity index (χ1) is 13.5. The Balaban J connectivity index is 1.78. The van der Waals surface area contributed by atoms with Crippen molar-refractivity contribution in [3.63, 3.8) is 0 Å². The van der Waals surface area contributed by atoms with Crippen molar-refractivity contribution in [1.82, 2.24) is 10.3 Å². The quantitative estimate of drug-likeness (QED) is 0.710. The third kappa shape index (κ3) is 4.90. The molecule has 0 saturated carbocycles. The highest BCUT2D eigenvalue weighted by Crippen LogP contribution is 2.34. The first kappa shape index (κ1) is 20.3. The number of aromatic nitrogens is 1. The van der Waals surface area contributed by atoms with E-state index in [1.807, 2.05) is 6.07 Å². The Morgan fingerprint density at radius 3 is 2.50 bits per heavy atom. The van der Waals surface area contributed by atoms with Gasteiger partial charge in [0.2, 0.25) is 0 Å². The van der Waals surface area contributed by atoms with Crippen LogP contribution in [-0.2, 0) is 4.74 Å². The van der Waals surface area contributed by atoms with Crippen molar-refractivity contribution < 1.29 is 9.53 Å². The van der Waals surface area contributed by atoms with Crippen LogP contribution in [0.25, 0.3) is 0 Å². The highest BCUT2D eigenvalue weighted by molar-refractivity contribution is 5.95. The second-order valence-corrected chi connectivity index (χ2v) is 8.02. The fourth-order valence-electron chi connectivity index (χ4n) is 3.58. The lowest BCUT2D eigenvalue weighted by Crippen LogP contribution is -2.31. The molecule has 5 nitrogen and oxygen atoms in total. The lowest BCUT2D eigenvalue weighted by molar-refractivity contribution is 0.0857. The second kappa shape index (κ2) is 9.20. The van der Waals surface area contributed by atoms with Crippen molar-refractivity contribution in [2.45, 2.75) is 58.5 Å². The summed E-state index contributed by atoms with van der Waals surface area (Å²) in [4.78, 5) is 17.0. The van der Waals surface area contributed by atoms with Gasteiger partial charge in [0.25, 0.3) is 5.91 Å². The Labute approximate surface area is 167 Å². The summed E-state index contributed by atoms with van der Waals surface area (Å²) >= 11 is 0. The summed E-state index contributed by atoms with van der Waals surface area (Å²) in [5.41, 5.74) is 4.20. The van der Waals surface area contributed by atoms with Crippen LogP contribution in [0.1, 0.15) is 73.9 Å². The van der Waals surface area contributed by atoms with E-state index in [1.54, 1.807) is 12.3 Å². The predicted octanol–water partition coefficient (Wildman–Crippen LogP) is 4.98. The third-order valence-corrected chi connectivity index (χ3v) is 5.16. The smallest absolute Gasteiger partial charge is 0.251 e. The zero-order chi connectivity index (χ0) is 20.1. The molecule has 0 spiro atoms. The van der Waals surface area contributed by atoms with Gasteiger partial charge >= 0.3 is 0 Å². The average molecular weight is 382 g/mol. The fraction of sp³-hybridized carbons (Fsp3) is 0.478. The maximum atomic E-state index is 12.5. The number of anilines is 2. The molecule has 1 atom stereocenters. The van der Waals surface area contributed by atoms with E-state index in [1.165, 1.54) is 11.1 Å². The van der Waals surface area contributed by atoms with Crippen molar-refractivity contribution in [3.05, 3.63) is 53.2 Å². The number of ether oxygens (including phenoxy) is 1. The van der Waals surface area contributed by atoms with Crippen LogP contribution in [0, 0.1) is 0 Å². The van der Waals surface area contributed by atoms with Crippen LogP contribution in [0.3, 0.4) is 0 Å². The molecule has 28 heavy (non-hydrogen) atoms. The summed E-state index contributed by atoms with van der Waals surface area (Å²) in [7, 11) is 0. The molecule has 1 aromatic heterocycles. The molecule has 5 heteroatoms. The number of carbonyl (C=O) groups is 1. The number of benzene rings is 1. The van der Waals surface area contributed by atoms with E-state index in [0.29, 0.717) is 29.8 Å². The molecule has 1 aliphatic rings. The Morgan fingerprint density at radius 2 is 1.89 bits per heavy atom. The molecule has 0 bridgehead atoms. The van der Waals surface area contributed by atoms with Crippen LogP contribution >= 0.6 is 0 Å². The van der Waals surface area contributed by atoms with Gasteiger partial charge in [-0.05, 0) is 47.9 Å². The highest BCUT2D eigenvalue weighted by atomic mass is 16.5.